The molecule has 1 saturated heterocycles. The predicted octanol–water partition coefficient (Wildman–Crippen LogP) is 0.778. The first-order valence-electron chi connectivity index (χ1n) is 5.97. The first-order valence-corrected chi connectivity index (χ1v) is 5.97. The summed E-state index contributed by atoms with van der Waals surface area (Å²) >= 11 is 0. The molecule has 0 aliphatic carbocycles. The van der Waals surface area contributed by atoms with E-state index in [1.165, 1.54) is 31.2 Å². The summed E-state index contributed by atoms with van der Waals surface area (Å²) < 4.78 is 24.1. The Bertz CT molecular complexity index is 481. The first kappa shape index (κ1) is 14.6. The molecule has 0 aromatic heterocycles. The normalized spacial score (nSPS) is 33.7. The Morgan fingerprint density at radius 2 is 1.90 bits per heavy atom. The lowest BCUT2D eigenvalue weighted by Gasteiger charge is -2.37. The monoisotopic (exact) mass is 287 g/mol. The summed E-state index contributed by atoms with van der Waals surface area (Å²) in [5, 5.41) is 29.5. The SMILES string of the molecule is CC1OC(Oc2ccc([N+](=O)[O-])cc2)C(F)C(O)C1O. The largest absolute Gasteiger partial charge is 0.462 e. The van der Waals surface area contributed by atoms with Crippen molar-refractivity contribution in [3.8, 4) is 5.75 Å². The number of nitro benzene ring substituents is 1. The molecule has 0 amide bonds. The Morgan fingerprint density at radius 3 is 2.45 bits per heavy atom. The maximum absolute atomic E-state index is 13.8. The molecular formula is C12H14FNO6. The molecule has 0 spiro atoms. The van der Waals surface area contributed by atoms with Crippen LogP contribution in [-0.2, 0) is 4.74 Å². The van der Waals surface area contributed by atoms with Gasteiger partial charge in [0.2, 0.25) is 6.29 Å². The van der Waals surface area contributed by atoms with E-state index in [1.54, 1.807) is 0 Å². The van der Waals surface area contributed by atoms with Gasteiger partial charge in [-0.15, -0.1) is 0 Å². The van der Waals surface area contributed by atoms with Crippen molar-refractivity contribution in [2.45, 2.75) is 37.7 Å². The second-order valence-electron chi connectivity index (χ2n) is 4.50. The van der Waals surface area contributed by atoms with Gasteiger partial charge in [-0.2, -0.15) is 0 Å². The zero-order valence-corrected chi connectivity index (χ0v) is 10.5. The number of aliphatic hydroxyl groups is 2. The molecule has 1 aromatic carbocycles. The smallest absolute Gasteiger partial charge is 0.269 e. The second-order valence-corrected chi connectivity index (χ2v) is 4.50. The van der Waals surface area contributed by atoms with E-state index < -0.39 is 35.7 Å². The van der Waals surface area contributed by atoms with Gasteiger partial charge in [0.25, 0.3) is 5.69 Å². The van der Waals surface area contributed by atoms with Gasteiger partial charge in [-0.05, 0) is 19.1 Å². The lowest BCUT2D eigenvalue weighted by Crippen LogP contribution is -2.56. The molecule has 0 saturated carbocycles. The van der Waals surface area contributed by atoms with Crippen molar-refractivity contribution in [1.29, 1.82) is 0 Å². The van der Waals surface area contributed by atoms with Crippen molar-refractivity contribution in [3.63, 3.8) is 0 Å². The molecule has 20 heavy (non-hydrogen) atoms. The number of alkyl halides is 1. The maximum atomic E-state index is 13.8. The van der Waals surface area contributed by atoms with Gasteiger partial charge in [0, 0.05) is 12.1 Å². The number of nitro groups is 1. The Balaban J connectivity index is 2.07. The van der Waals surface area contributed by atoms with Crippen molar-refractivity contribution < 1.29 is 29.0 Å². The summed E-state index contributed by atoms with van der Waals surface area (Å²) in [6.07, 6.45) is -7.04. The van der Waals surface area contributed by atoms with Crippen molar-refractivity contribution in [2.24, 2.45) is 0 Å². The number of aliphatic hydroxyl groups excluding tert-OH is 2. The Hall–Kier alpha value is -1.77. The van der Waals surface area contributed by atoms with Crippen molar-refractivity contribution >= 4 is 5.69 Å². The zero-order valence-electron chi connectivity index (χ0n) is 10.5. The van der Waals surface area contributed by atoms with Crippen LogP contribution in [0.3, 0.4) is 0 Å². The number of halogens is 1. The molecule has 5 atom stereocenters. The number of benzene rings is 1. The van der Waals surface area contributed by atoms with Crippen LogP contribution < -0.4 is 4.74 Å². The van der Waals surface area contributed by atoms with Gasteiger partial charge in [0.1, 0.15) is 18.0 Å². The maximum Gasteiger partial charge on any atom is 0.269 e. The summed E-state index contributed by atoms with van der Waals surface area (Å²) in [4.78, 5) is 9.93. The van der Waals surface area contributed by atoms with E-state index in [1.807, 2.05) is 0 Å². The second kappa shape index (κ2) is 5.70. The van der Waals surface area contributed by atoms with Crippen LogP contribution in [0.4, 0.5) is 10.1 Å². The highest BCUT2D eigenvalue weighted by Crippen LogP contribution is 2.26. The van der Waals surface area contributed by atoms with E-state index in [-0.39, 0.29) is 11.4 Å². The van der Waals surface area contributed by atoms with Crippen LogP contribution in [0.5, 0.6) is 5.75 Å². The molecule has 1 aromatic rings. The quantitative estimate of drug-likeness (QED) is 0.629. The fourth-order valence-electron chi connectivity index (χ4n) is 1.87. The third kappa shape index (κ3) is 2.87. The number of hydrogen-bond donors (Lipinski definition) is 2. The Morgan fingerprint density at radius 1 is 1.30 bits per heavy atom. The fourth-order valence-corrected chi connectivity index (χ4v) is 1.87. The molecular weight excluding hydrogens is 273 g/mol. The minimum absolute atomic E-state index is 0.123. The molecule has 5 unspecified atom stereocenters. The molecule has 1 aliphatic heterocycles. The zero-order chi connectivity index (χ0) is 14.9. The van der Waals surface area contributed by atoms with Crippen LogP contribution in [0.1, 0.15) is 6.92 Å². The molecule has 2 N–H and O–H groups in total. The van der Waals surface area contributed by atoms with E-state index in [2.05, 4.69) is 0 Å². The third-order valence-electron chi connectivity index (χ3n) is 3.07. The lowest BCUT2D eigenvalue weighted by atomic mass is 10.0. The molecule has 0 bridgehead atoms. The molecule has 2 rings (SSSR count). The van der Waals surface area contributed by atoms with Gasteiger partial charge in [0.15, 0.2) is 6.17 Å². The summed E-state index contributed by atoms with van der Waals surface area (Å²) in [5.41, 5.74) is -0.123. The number of hydrogen-bond acceptors (Lipinski definition) is 6. The van der Waals surface area contributed by atoms with Crippen molar-refractivity contribution in [1.82, 2.24) is 0 Å². The van der Waals surface area contributed by atoms with E-state index in [0.717, 1.165) is 0 Å². The van der Waals surface area contributed by atoms with E-state index in [0.29, 0.717) is 0 Å². The average molecular weight is 287 g/mol. The summed E-state index contributed by atoms with van der Waals surface area (Å²) in [6, 6.07) is 5.02. The standard InChI is InChI=1S/C12H14FNO6/c1-6-10(15)11(16)9(13)12(19-6)20-8-4-2-7(3-5-8)14(17)18/h2-6,9-12,15-16H,1H3. The van der Waals surface area contributed by atoms with Gasteiger partial charge in [-0.25, -0.2) is 4.39 Å². The van der Waals surface area contributed by atoms with Crippen LogP contribution >= 0.6 is 0 Å². The predicted molar refractivity (Wildman–Crippen MR) is 65.0 cm³/mol. The first-order chi connectivity index (χ1) is 9.40. The van der Waals surface area contributed by atoms with Crippen LogP contribution in [-0.4, -0.2) is 45.9 Å². The highest BCUT2D eigenvalue weighted by atomic mass is 19.1. The van der Waals surface area contributed by atoms with E-state index in [9.17, 15) is 24.7 Å². The molecule has 0 radical (unpaired) electrons. The molecule has 1 fully saturated rings. The number of rotatable bonds is 3. The topological polar surface area (TPSA) is 102 Å². The minimum atomic E-state index is -1.92. The summed E-state index contributed by atoms with van der Waals surface area (Å²) in [7, 11) is 0. The molecule has 110 valence electrons. The van der Waals surface area contributed by atoms with Crippen molar-refractivity contribution in [3.05, 3.63) is 34.4 Å². The number of ether oxygens (including phenoxy) is 2. The number of non-ortho nitro benzene ring substituents is 1. The summed E-state index contributed by atoms with van der Waals surface area (Å²) in [6.45, 7) is 1.48. The highest BCUT2D eigenvalue weighted by Gasteiger charge is 2.44. The highest BCUT2D eigenvalue weighted by molar-refractivity contribution is 5.36. The lowest BCUT2D eigenvalue weighted by molar-refractivity contribution is -0.384. The minimum Gasteiger partial charge on any atom is -0.462 e. The third-order valence-corrected chi connectivity index (χ3v) is 3.07. The van der Waals surface area contributed by atoms with Crippen LogP contribution in [0.2, 0.25) is 0 Å². The summed E-state index contributed by atoms with van der Waals surface area (Å²) in [5.74, 6) is 0.166. The number of nitrogens with zero attached hydrogens (tertiary/aromatic N) is 1. The van der Waals surface area contributed by atoms with Gasteiger partial charge in [-0.1, -0.05) is 0 Å². The fraction of sp³-hybridized carbons (Fsp3) is 0.500. The average Bonchev–Trinajstić information content (AvgIpc) is 2.43. The van der Waals surface area contributed by atoms with Gasteiger partial charge in [-0.3, -0.25) is 10.1 Å². The molecule has 8 heteroatoms. The van der Waals surface area contributed by atoms with Crippen LogP contribution in [0, 0.1) is 10.1 Å². The molecule has 1 heterocycles. The van der Waals surface area contributed by atoms with E-state index in [4.69, 9.17) is 9.47 Å². The van der Waals surface area contributed by atoms with Gasteiger partial charge < -0.3 is 19.7 Å². The molecule has 7 nitrogen and oxygen atoms in total. The molecule has 1 aliphatic rings. The van der Waals surface area contributed by atoms with Crippen molar-refractivity contribution in [2.75, 3.05) is 0 Å². The van der Waals surface area contributed by atoms with E-state index >= 15 is 0 Å². The Kier molecular flexibility index (Phi) is 4.17. The van der Waals surface area contributed by atoms with Crippen LogP contribution in [0.25, 0.3) is 0 Å². The van der Waals surface area contributed by atoms with Gasteiger partial charge >= 0.3 is 0 Å². The van der Waals surface area contributed by atoms with Crippen LogP contribution in [0.15, 0.2) is 24.3 Å². The Labute approximate surface area is 113 Å². The van der Waals surface area contributed by atoms with Gasteiger partial charge in [0.05, 0.1) is 11.0 Å².